The first-order chi connectivity index (χ1) is 13.5. The highest BCUT2D eigenvalue weighted by atomic mass is 79.9. The highest BCUT2D eigenvalue weighted by Gasteiger charge is 2.32. The van der Waals surface area contributed by atoms with E-state index in [0.29, 0.717) is 55.6 Å². The molecule has 146 valence electrons. The minimum atomic E-state index is -0.438. The number of ketones is 1. The Morgan fingerprint density at radius 2 is 1.93 bits per heavy atom. The molecule has 8 heteroatoms. The zero-order chi connectivity index (χ0) is 19.7. The van der Waals surface area contributed by atoms with E-state index < -0.39 is 5.92 Å². The van der Waals surface area contributed by atoms with Gasteiger partial charge < -0.3 is 19.5 Å². The van der Waals surface area contributed by atoms with Crippen LogP contribution >= 0.6 is 15.9 Å². The summed E-state index contributed by atoms with van der Waals surface area (Å²) in [5.41, 5.74) is 2.27. The Labute approximate surface area is 170 Å². The predicted octanol–water partition coefficient (Wildman–Crippen LogP) is 2.56. The molecule has 2 aliphatic heterocycles. The molecular formula is C20H20BrN3O4. The zero-order valence-corrected chi connectivity index (χ0v) is 17.0. The number of hydrogen-bond donors (Lipinski definition) is 1. The third-order valence-electron chi connectivity index (χ3n) is 4.97. The number of benzene rings is 1. The average molecular weight is 446 g/mol. The number of nitrogens with one attached hydrogen (secondary N) is 1. The lowest BCUT2D eigenvalue weighted by Gasteiger charge is -2.27. The SMILES string of the molecule is Cc1onc(-c2ccc(Br)cc2)c1C(=O)C1C=C(C(=O)N2CCOCC2)NC1. The molecule has 0 spiro atoms. The summed E-state index contributed by atoms with van der Waals surface area (Å²) in [4.78, 5) is 27.6. The number of rotatable bonds is 4. The van der Waals surface area contributed by atoms with Crippen molar-refractivity contribution in [2.75, 3.05) is 32.8 Å². The third kappa shape index (κ3) is 3.62. The number of aromatic nitrogens is 1. The number of carbonyl (C=O) groups excluding carboxylic acids is 2. The summed E-state index contributed by atoms with van der Waals surface area (Å²) >= 11 is 3.41. The van der Waals surface area contributed by atoms with E-state index in [-0.39, 0.29) is 11.7 Å². The Hall–Kier alpha value is -2.45. The fourth-order valence-electron chi connectivity index (χ4n) is 3.44. The summed E-state index contributed by atoms with van der Waals surface area (Å²) in [7, 11) is 0. The van der Waals surface area contributed by atoms with Gasteiger partial charge in [-0.2, -0.15) is 0 Å². The number of ether oxygens (including phenoxy) is 1. The molecule has 1 unspecified atom stereocenters. The second-order valence-electron chi connectivity index (χ2n) is 6.81. The van der Waals surface area contributed by atoms with Crippen LogP contribution in [-0.2, 0) is 9.53 Å². The minimum Gasteiger partial charge on any atom is -0.380 e. The van der Waals surface area contributed by atoms with Crippen LogP contribution in [0, 0.1) is 12.8 Å². The summed E-state index contributed by atoms with van der Waals surface area (Å²) < 4.78 is 11.5. The van der Waals surface area contributed by atoms with Crippen molar-refractivity contribution in [1.82, 2.24) is 15.4 Å². The largest absolute Gasteiger partial charge is 0.380 e. The second kappa shape index (κ2) is 7.89. The summed E-state index contributed by atoms with van der Waals surface area (Å²) in [5.74, 6) is -0.153. The number of Topliss-reactive ketones (excluding diaryl/α,β-unsaturated/α-hetero) is 1. The van der Waals surface area contributed by atoms with E-state index in [2.05, 4.69) is 26.4 Å². The van der Waals surface area contributed by atoms with Crippen LogP contribution in [-0.4, -0.2) is 54.6 Å². The van der Waals surface area contributed by atoms with Crippen molar-refractivity contribution in [2.24, 2.45) is 5.92 Å². The number of hydrogen-bond acceptors (Lipinski definition) is 6. The lowest BCUT2D eigenvalue weighted by atomic mass is 9.94. The number of carbonyl (C=O) groups is 2. The molecule has 1 N–H and O–H groups in total. The zero-order valence-electron chi connectivity index (χ0n) is 15.4. The van der Waals surface area contributed by atoms with Crippen LogP contribution in [0.4, 0.5) is 0 Å². The van der Waals surface area contributed by atoms with Gasteiger partial charge in [0.25, 0.3) is 5.91 Å². The summed E-state index contributed by atoms with van der Waals surface area (Å²) in [6, 6.07) is 7.55. The van der Waals surface area contributed by atoms with Crippen molar-refractivity contribution in [3.05, 3.63) is 51.8 Å². The quantitative estimate of drug-likeness (QED) is 0.727. The monoisotopic (exact) mass is 445 g/mol. The molecule has 1 aromatic carbocycles. The van der Waals surface area contributed by atoms with Crippen molar-refractivity contribution in [3.63, 3.8) is 0 Å². The Bertz CT molecular complexity index is 929. The van der Waals surface area contributed by atoms with E-state index >= 15 is 0 Å². The molecule has 0 aliphatic carbocycles. The normalized spacial score (nSPS) is 19.3. The van der Waals surface area contributed by atoms with Crippen LogP contribution in [0.25, 0.3) is 11.3 Å². The molecule has 2 aliphatic rings. The van der Waals surface area contributed by atoms with Gasteiger partial charge in [0.15, 0.2) is 5.78 Å². The van der Waals surface area contributed by atoms with Gasteiger partial charge in [-0.05, 0) is 25.1 Å². The highest BCUT2D eigenvalue weighted by molar-refractivity contribution is 9.10. The minimum absolute atomic E-state index is 0.0891. The van der Waals surface area contributed by atoms with Crippen molar-refractivity contribution in [3.8, 4) is 11.3 Å². The van der Waals surface area contributed by atoms with Gasteiger partial charge in [0.1, 0.15) is 11.5 Å². The fourth-order valence-corrected chi connectivity index (χ4v) is 3.71. The highest BCUT2D eigenvalue weighted by Crippen LogP contribution is 2.30. The smallest absolute Gasteiger partial charge is 0.269 e. The first-order valence-electron chi connectivity index (χ1n) is 9.13. The lowest BCUT2D eigenvalue weighted by Crippen LogP contribution is -2.43. The van der Waals surface area contributed by atoms with Crippen molar-refractivity contribution >= 4 is 27.6 Å². The molecule has 3 heterocycles. The van der Waals surface area contributed by atoms with Crippen molar-refractivity contribution < 1.29 is 18.8 Å². The molecular weight excluding hydrogens is 426 g/mol. The first-order valence-corrected chi connectivity index (χ1v) is 9.93. The Balaban J connectivity index is 1.57. The van der Waals surface area contributed by atoms with Crippen LogP contribution in [0.2, 0.25) is 0 Å². The van der Waals surface area contributed by atoms with Gasteiger partial charge in [-0.25, -0.2) is 0 Å². The van der Waals surface area contributed by atoms with Gasteiger partial charge in [-0.3, -0.25) is 9.59 Å². The van der Waals surface area contributed by atoms with Gasteiger partial charge >= 0.3 is 0 Å². The summed E-state index contributed by atoms with van der Waals surface area (Å²) in [6.45, 7) is 4.32. The van der Waals surface area contributed by atoms with E-state index in [1.165, 1.54) is 0 Å². The number of nitrogens with zero attached hydrogens (tertiary/aromatic N) is 2. The van der Waals surface area contributed by atoms with Crippen LogP contribution in [0.15, 0.2) is 45.0 Å². The van der Waals surface area contributed by atoms with Gasteiger partial charge in [-0.15, -0.1) is 0 Å². The molecule has 4 rings (SSSR count). The number of morpholine rings is 1. The molecule has 0 saturated carbocycles. The van der Waals surface area contributed by atoms with Crippen molar-refractivity contribution in [1.29, 1.82) is 0 Å². The molecule has 1 amide bonds. The van der Waals surface area contributed by atoms with E-state index in [0.717, 1.165) is 10.0 Å². The molecule has 1 fully saturated rings. The Kier molecular flexibility index (Phi) is 5.32. The first kappa shape index (κ1) is 18.9. The van der Waals surface area contributed by atoms with Gasteiger partial charge in [0, 0.05) is 29.7 Å². The maximum Gasteiger partial charge on any atom is 0.269 e. The molecule has 2 aromatic rings. The van der Waals surface area contributed by atoms with Crippen molar-refractivity contribution in [2.45, 2.75) is 6.92 Å². The number of amides is 1. The van der Waals surface area contributed by atoms with Gasteiger partial charge in [-0.1, -0.05) is 33.2 Å². The Morgan fingerprint density at radius 3 is 2.64 bits per heavy atom. The third-order valence-corrected chi connectivity index (χ3v) is 5.50. The van der Waals surface area contributed by atoms with Gasteiger partial charge in [0.2, 0.25) is 0 Å². The molecule has 1 saturated heterocycles. The summed E-state index contributed by atoms with van der Waals surface area (Å²) in [5, 5.41) is 7.18. The molecule has 0 bridgehead atoms. The molecule has 7 nitrogen and oxygen atoms in total. The lowest BCUT2D eigenvalue weighted by molar-refractivity contribution is -0.131. The molecule has 1 aromatic heterocycles. The number of aryl methyl sites for hydroxylation is 1. The molecule has 0 radical (unpaired) electrons. The predicted molar refractivity (Wildman–Crippen MR) is 106 cm³/mol. The standard InChI is InChI=1S/C20H20BrN3O4/c1-12-17(18(23-28-12)13-2-4-15(21)5-3-13)19(25)14-10-16(22-11-14)20(26)24-6-8-27-9-7-24/h2-5,10,14,22H,6-9,11H2,1H3. The van der Waals surface area contributed by atoms with E-state index in [4.69, 9.17) is 9.26 Å². The maximum absolute atomic E-state index is 13.2. The van der Waals surface area contributed by atoms with E-state index in [1.54, 1.807) is 17.9 Å². The van der Waals surface area contributed by atoms with Crippen LogP contribution in [0.1, 0.15) is 16.1 Å². The van der Waals surface area contributed by atoms with Crippen LogP contribution < -0.4 is 5.32 Å². The van der Waals surface area contributed by atoms with Gasteiger partial charge in [0.05, 0.1) is 30.4 Å². The molecule has 1 atom stereocenters. The average Bonchev–Trinajstić information content (AvgIpc) is 3.35. The van der Waals surface area contributed by atoms with Crippen LogP contribution in [0.3, 0.4) is 0 Å². The number of halogens is 1. The maximum atomic E-state index is 13.2. The topological polar surface area (TPSA) is 84.7 Å². The second-order valence-corrected chi connectivity index (χ2v) is 7.72. The summed E-state index contributed by atoms with van der Waals surface area (Å²) in [6.07, 6.45) is 1.72. The van der Waals surface area contributed by atoms with E-state index in [9.17, 15) is 9.59 Å². The van der Waals surface area contributed by atoms with E-state index in [1.807, 2.05) is 24.3 Å². The fraction of sp³-hybridized carbons (Fsp3) is 0.350. The Morgan fingerprint density at radius 1 is 1.21 bits per heavy atom. The molecule has 28 heavy (non-hydrogen) atoms. The van der Waals surface area contributed by atoms with Crippen LogP contribution in [0.5, 0.6) is 0 Å².